The fourth-order valence-corrected chi connectivity index (χ4v) is 2.39. The maximum absolute atomic E-state index is 6.07. The lowest BCUT2D eigenvalue weighted by Crippen LogP contribution is -2.06. The predicted octanol–water partition coefficient (Wildman–Crippen LogP) is 4.72. The van der Waals surface area contributed by atoms with Gasteiger partial charge in [-0.1, -0.05) is 41.4 Å². The van der Waals surface area contributed by atoms with E-state index in [0.29, 0.717) is 16.6 Å². The quantitative estimate of drug-likeness (QED) is 0.445. The van der Waals surface area contributed by atoms with Crippen LogP contribution in [-0.4, -0.2) is 6.21 Å². The molecule has 98 valence electrons. The molecule has 0 fully saturated rings. The topological polar surface area (TPSA) is 24.4 Å². The van der Waals surface area contributed by atoms with Crippen LogP contribution >= 0.6 is 45.8 Å². The van der Waals surface area contributed by atoms with Crippen LogP contribution in [0.1, 0.15) is 11.1 Å². The molecule has 1 N–H and O–H groups in total. The third-order valence-electron chi connectivity index (χ3n) is 2.49. The van der Waals surface area contributed by atoms with Crippen molar-refractivity contribution >= 4 is 52.0 Å². The van der Waals surface area contributed by atoms with Gasteiger partial charge in [-0.05, 0) is 52.4 Å². The average Bonchev–Trinajstić information content (AvgIpc) is 2.39. The molecule has 5 heteroatoms. The number of hydrogen-bond acceptors (Lipinski definition) is 2. The molecule has 0 radical (unpaired) electrons. The first kappa shape index (κ1) is 14.6. The summed E-state index contributed by atoms with van der Waals surface area (Å²) in [6.45, 7) is 0.499. The lowest BCUT2D eigenvalue weighted by atomic mass is 10.2. The second kappa shape index (κ2) is 7.12. The van der Waals surface area contributed by atoms with E-state index >= 15 is 0 Å². The van der Waals surface area contributed by atoms with Gasteiger partial charge in [0.25, 0.3) is 0 Å². The van der Waals surface area contributed by atoms with Gasteiger partial charge >= 0.3 is 0 Å². The van der Waals surface area contributed by atoms with Gasteiger partial charge < -0.3 is 5.43 Å². The van der Waals surface area contributed by atoms with Crippen molar-refractivity contribution in [2.24, 2.45) is 5.10 Å². The number of nitrogens with zero attached hydrogens (tertiary/aromatic N) is 1. The highest BCUT2D eigenvalue weighted by atomic mass is 127. The summed E-state index contributed by atoms with van der Waals surface area (Å²) in [7, 11) is 0. The minimum atomic E-state index is 0.499. The van der Waals surface area contributed by atoms with Gasteiger partial charge in [-0.15, -0.1) is 0 Å². The first-order valence-corrected chi connectivity index (χ1v) is 7.44. The summed E-state index contributed by atoms with van der Waals surface area (Å²) in [5.74, 6) is 0. The first-order valence-electron chi connectivity index (χ1n) is 5.61. The van der Waals surface area contributed by atoms with Crippen LogP contribution in [0.25, 0.3) is 0 Å². The monoisotopic (exact) mass is 404 g/mol. The zero-order valence-electron chi connectivity index (χ0n) is 9.91. The Hall–Kier alpha value is -0.780. The maximum atomic E-state index is 6.07. The molecule has 0 aliphatic carbocycles. The molecule has 0 unspecified atom stereocenters. The number of nitrogens with one attached hydrogen (secondary N) is 1. The van der Waals surface area contributed by atoms with Crippen LogP contribution in [-0.2, 0) is 6.54 Å². The summed E-state index contributed by atoms with van der Waals surface area (Å²) >= 11 is 14.4. The Labute approximate surface area is 136 Å². The highest BCUT2D eigenvalue weighted by molar-refractivity contribution is 14.1. The lowest BCUT2D eigenvalue weighted by molar-refractivity contribution is 0.748. The molecule has 2 aromatic carbocycles. The highest BCUT2D eigenvalue weighted by Crippen LogP contribution is 2.23. The van der Waals surface area contributed by atoms with Gasteiger partial charge in [-0.2, -0.15) is 5.10 Å². The Bertz CT molecular complexity index is 562. The number of hydrazone groups is 1. The van der Waals surface area contributed by atoms with E-state index in [9.17, 15) is 0 Å². The second-order valence-corrected chi connectivity index (χ2v) is 5.90. The fraction of sp³-hybridized carbons (Fsp3) is 0.0714. The Morgan fingerprint density at radius 3 is 2.32 bits per heavy atom. The van der Waals surface area contributed by atoms with Crippen molar-refractivity contribution < 1.29 is 0 Å². The highest BCUT2D eigenvalue weighted by Gasteiger charge is 2.03. The van der Waals surface area contributed by atoms with Crippen molar-refractivity contribution in [2.75, 3.05) is 0 Å². The molecule has 19 heavy (non-hydrogen) atoms. The number of hydrogen-bond donors (Lipinski definition) is 1. The Kier molecular flexibility index (Phi) is 5.48. The largest absolute Gasteiger partial charge is 0.306 e. The summed E-state index contributed by atoms with van der Waals surface area (Å²) in [4.78, 5) is 0. The van der Waals surface area contributed by atoms with Crippen molar-refractivity contribution in [3.63, 3.8) is 0 Å². The molecule has 0 spiro atoms. The van der Waals surface area contributed by atoms with Crippen molar-refractivity contribution in [3.05, 3.63) is 67.2 Å². The van der Waals surface area contributed by atoms with Gasteiger partial charge in [0.2, 0.25) is 0 Å². The van der Waals surface area contributed by atoms with Crippen molar-refractivity contribution in [1.82, 2.24) is 5.43 Å². The Balaban J connectivity index is 1.95. The number of rotatable bonds is 4. The number of benzene rings is 2. The van der Waals surface area contributed by atoms with Gasteiger partial charge in [-0.25, -0.2) is 0 Å². The van der Waals surface area contributed by atoms with E-state index in [1.165, 1.54) is 3.57 Å². The molecule has 0 aliphatic rings. The maximum Gasteiger partial charge on any atom is 0.0609 e. The second-order valence-electron chi connectivity index (χ2n) is 3.84. The summed E-state index contributed by atoms with van der Waals surface area (Å²) in [5.41, 5.74) is 4.84. The van der Waals surface area contributed by atoms with Crippen LogP contribution in [0.15, 0.2) is 47.6 Å². The molecule has 0 aromatic heterocycles. The van der Waals surface area contributed by atoms with E-state index in [-0.39, 0.29) is 0 Å². The van der Waals surface area contributed by atoms with E-state index in [0.717, 1.165) is 11.1 Å². The van der Waals surface area contributed by atoms with Gasteiger partial charge in [0.1, 0.15) is 0 Å². The lowest BCUT2D eigenvalue weighted by Gasteiger charge is -2.05. The zero-order valence-corrected chi connectivity index (χ0v) is 13.6. The Morgan fingerprint density at radius 2 is 1.68 bits per heavy atom. The van der Waals surface area contributed by atoms with Gasteiger partial charge in [0.15, 0.2) is 0 Å². The van der Waals surface area contributed by atoms with Crippen molar-refractivity contribution in [1.29, 1.82) is 0 Å². The van der Waals surface area contributed by atoms with Gasteiger partial charge in [-0.3, -0.25) is 0 Å². The van der Waals surface area contributed by atoms with Crippen LogP contribution in [0.4, 0.5) is 0 Å². The van der Waals surface area contributed by atoms with E-state index in [2.05, 4.69) is 33.1 Å². The van der Waals surface area contributed by atoms with Gasteiger partial charge in [0.05, 0.1) is 12.8 Å². The zero-order chi connectivity index (χ0) is 13.7. The molecule has 0 saturated heterocycles. The van der Waals surface area contributed by atoms with E-state index in [1.54, 1.807) is 6.21 Å². The molecule has 0 heterocycles. The normalized spacial score (nSPS) is 10.9. The molecule has 0 atom stereocenters. The molecule has 0 aliphatic heterocycles. The molecular formula is C14H11Cl2IN2. The van der Waals surface area contributed by atoms with Crippen LogP contribution < -0.4 is 5.43 Å². The molecule has 0 bridgehead atoms. The minimum absolute atomic E-state index is 0.499. The summed E-state index contributed by atoms with van der Waals surface area (Å²) < 4.78 is 1.20. The van der Waals surface area contributed by atoms with Crippen molar-refractivity contribution in [3.8, 4) is 0 Å². The molecule has 2 rings (SSSR count). The van der Waals surface area contributed by atoms with Gasteiger partial charge in [0, 0.05) is 19.2 Å². The molecular weight excluding hydrogens is 394 g/mol. The van der Waals surface area contributed by atoms with E-state index in [4.69, 9.17) is 23.2 Å². The smallest absolute Gasteiger partial charge is 0.0609 e. The first-order chi connectivity index (χ1) is 9.16. The minimum Gasteiger partial charge on any atom is -0.306 e. The summed E-state index contributed by atoms with van der Waals surface area (Å²) in [6.07, 6.45) is 1.76. The average molecular weight is 405 g/mol. The van der Waals surface area contributed by atoms with Crippen LogP contribution in [0.3, 0.4) is 0 Å². The van der Waals surface area contributed by atoms with Crippen LogP contribution in [0, 0.1) is 3.57 Å². The third kappa shape index (κ3) is 4.37. The van der Waals surface area contributed by atoms with E-state index in [1.807, 2.05) is 42.5 Å². The molecule has 0 saturated carbocycles. The standard InChI is InChI=1S/C14H11Cl2IN2/c15-13-2-1-3-14(16)12(13)9-19-18-8-10-4-6-11(17)7-5-10/h1-8,19H,9H2/b18-8-. The number of halogens is 3. The summed E-state index contributed by atoms with van der Waals surface area (Å²) in [5, 5.41) is 5.44. The molecule has 2 aromatic rings. The van der Waals surface area contributed by atoms with Crippen LogP contribution in [0.5, 0.6) is 0 Å². The van der Waals surface area contributed by atoms with Crippen LogP contribution in [0.2, 0.25) is 10.0 Å². The summed E-state index contributed by atoms with van der Waals surface area (Å²) in [6, 6.07) is 13.5. The van der Waals surface area contributed by atoms with Crippen molar-refractivity contribution in [2.45, 2.75) is 6.54 Å². The van der Waals surface area contributed by atoms with E-state index < -0.39 is 0 Å². The SMILES string of the molecule is Clc1cccc(Cl)c1CN/N=C\c1ccc(I)cc1. The fourth-order valence-electron chi connectivity index (χ4n) is 1.49. The Morgan fingerprint density at radius 1 is 1.05 bits per heavy atom. The molecule has 2 nitrogen and oxygen atoms in total. The third-order valence-corrected chi connectivity index (χ3v) is 3.92. The predicted molar refractivity (Wildman–Crippen MR) is 90.1 cm³/mol. The molecule has 0 amide bonds.